The van der Waals surface area contributed by atoms with Crippen LogP contribution in [0.5, 0.6) is 0 Å². The summed E-state index contributed by atoms with van der Waals surface area (Å²) in [6.45, 7) is 4.93. The predicted molar refractivity (Wildman–Crippen MR) is 356 cm³/mol. The third-order valence-corrected chi connectivity index (χ3v) is 17.5. The van der Waals surface area contributed by atoms with Gasteiger partial charge in [-0.15, -0.1) is 0 Å². The number of carbonyl (C=O) groups excluding carboxylic acids is 2. The van der Waals surface area contributed by atoms with Crippen LogP contribution in [0, 0.1) is 0 Å². The molecule has 0 saturated carbocycles. The third kappa shape index (κ3) is 67.3. The van der Waals surface area contributed by atoms with Gasteiger partial charge in [-0.05, 0) is 57.8 Å². The van der Waals surface area contributed by atoms with Crippen LogP contribution in [0.2, 0.25) is 0 Å². The van der Waals surface area contributed by atoms with Crippen LogP contribution in [0.15, 0.2) is 24.3 Å². The molecule has 0 bridgehead atoms. The van der Waals surface area contributed by atoms with Crippen molar-refractivity contribution < 1.29 is 24.5 Å². The number of rotatable bonds is 70. The summed E-state index contributed by atoms with van der Waals surface area (Å²) in [6, 6.07) is -0.623. The molecule has 0 heterocycles. The molecule has 6 nitrogen and oxygen atoms in total. The number of aliphatic hydroxyl groups excluding tert-OH is 2. The molecular weight excluding hydrogens is 995 g/mol. The fourth-order valence-corrected chi connectivity index (χ4v) is 11.8. The molecule has 81 heavy (non-hydrogen) atoms. The summed E-state index contributed by atoms with van der Waals surface area (Å²) in [7, 11) is 0. The lowest BCUT2D eigenvalue weighted by atomic mass is 10.0. The second kappa shape index (κ2) is 70.8. The van der Waals surface area contributed by atoms with Crippen LogP contribution in [0.25, 0.3) is 0 Å². The Bertz CT molecular complexity index is 1270. The first-order valence-corrected chi connectivity index (χ1v) is 37.1. The van der Waals surface area contributed by atoms with Crippen LogP contribution in [-0.4, -0.2) is 47.4 Å². The summed E-state index contributed by atoms with van der Waals surface area (Å²) in [5.41, 5.74) is 0. The summed E-state index contributed by atoms with van der Waals surface area (Å²) in [5.74, 6) is -0.0387. The zero-order chi connectivity index (χ0) is 58.5. The van der Waals surface area contributed by atoms with Gasteiger partial charge in [0.25, 0.3) is 0 Å². The van der Waals surface area contributed by atoms with Crippen molar-refractivity contribution in [3.63, 3.8) is 0 Å². The lowest BCUT2D eigenvalue weighted by Crippen LogP contribution is -2.45. The van der Waals surface area contributed by atoms with Crippen LogP contribution in [0.4, 0.5) is 0 Å². The normalized spacial score (nSPS) is 12.6. The van der Waals surface area contributed by atoms with E-state index < -0.39 is 12.1 Å². The Morgan fingerprint density at radius 2 is 0.580 bits per heavy atom. The molecule has 480 valence electrons. The SMILES string of the molecule is CCCCCCCCCCC/C=C/C(O)C(CO)NC(=O)CCCCCCCCCCCCCCCCCCC/C=C\CCCCCCCCCCCCCCCCOC(=O)CCCCCCCCCCCCCCCCCCCC. The number of aliphatic hydroxyl groups is 2. The zero-order valence-electron chi connectivity index (χ0n) is 55.0. The maximum Gasteiger partial charge on any atom is 0.305 e. The molecule has 0 aliphatic rings. The molecule has 0 fully saturated rings. The van der Waals surface area contributed by atoms with Crippen LogP contribution in [-0.2, 0) is 14.3 Å². The van der Waals surface area contributed by atoms with E-state index in [1.165, 1.54) is 353 Å². The Labute approximate surface area is 507 Å². The molecule has 0 aromatic rings. The van der Waals surface area contributed by atoms with E-state index in [1.807, 2.05) is 6.08 Å². The van der Waals surface area contributed by atoms with Gasteiger partial charge >= 0.3 is 5.97 Å². The maximum atomic E-state index is 12.4. The average Bonchev–Trinajstić information content (AvgIpc) is 3.47. The molecule has 0 aromatic carbocycles. The number of unbranched alkanes of at least 4 members (excludes halogenated alkanes) is 57. The minimum atomic E-state index is -0.840. The van der Waals surface area contributed by atoms with Crippen molar-refractivity contribution in [2.24, 2.45) is 0 Å². The first-order valence-electron chi connectivity index (χ1n) is 37.1. The predicted octanol–water partition coefficient (Wildman–Crippen LogP) is 24.1. The third-order valence-electron chi connectivity index (χ3n) is 17.5. The minimum absolute atomic E-state index is 0.0251. The van der Waals surface area contributed by atoms with Crippen molar-refractivity contribution >= 4 is 11.9 Å². The minimum Gasteiger partial charge on any atom is -0.466 e. The highest BCUT2D eigenvalue weighted by Gasteiger charge is 2.18. The second-order valence-electron chi connectivity index (χ2n) is 25.6. The molecule has 0 aromatic heterocycles. The molecule has 0 saturated heterocycles. The monoisotopic (exact) mass is 1140 g/mol. The van der Waals surface area contributed by atoms with Gasteiger partial charge in [0.15, 0.2) is 0 Å². The van der Waals surface area contributed by atoms with E-state index in [-0.39, 0.29) is 18.5 Å². The van der Waals surface area contributed by atoms with Crippen LogP contribution >= 0.6 is 0 Å². The number of esters is 1. The molecule has 2 atom stereocenters. The highest BCUT2D eigenvalue weighted by atomic mass is 16.5. The van der Waals surface area contributed by atoms with Crippen molar-refractivity contribution in [1.82, 2.24) is 5.32 Å². The van der Waals surface area contributed by atoms with E-state index in [9.17, 15) is 19.8 Å². The van der Waals surface area contributed by atoms with Crippen molar-refractivity contribution in [2.75, 3.05) is 13.2 Å². The number of hydrogen-bond donors (Lipinski definition) is 3. The summed E-state index contributed by atoms with van der Waals surface area (Å²) in [5, 5.41) is 23.1. The largest absolute Gasteiger partial charge is 0.466 e. The van der Waals surface area contributed by atoms with Gasteiger partial charge < -0.3 is 20.3 Å². The summed E-state index contributed by atoms with van der Waals surface area (Å²) in [4.78, 5) is 24.6. The number of amides is 1. The highest BCUT2D eigenvalue weighted by Crippen LogP contribution is 2.19. The fourth-order valence-electron chi connectivity index (χ4n) is 11.8. The smallest absolute Gasteiger partial charge is 0.305 e. The number of allylic oxidation sites excluding steroid dienone is 3. The van der Waals surface area contributed by atoms with Crippen LogP contribution in [0.3, 0.4) is 0 Å². The number of ether oxygens (including phenoxy) is 1. The number of hydrogen-bond acceptors (Lipinski definition) is 5. The maximum absolute atomic E-state index is 12.4. The molecule has 0 spiro atoms. The van der Waals surface area contributed by atoms with Crippen LogP contribution < -0.4 is 5.32 Å². The molecule has 0 aliphatic carbocycles. The van der Waals surface area contributed by atoms with Crippen molar-refractivity contribution in [3.05, 3.63) is 24.3 Å². The Morgan fingerprint density at radius 3 is 0.877 bits per heavy atom. The molecule has 0 aliphatic heterocycles. The Morgan fingerprint density at radius 1 is 0.333 bits per heavy atom. The molecule has 6 heteroatoms. The number of nitrogens with one attached hydrogen (secondary N) is 1. The zero-order valence-corrected chi connectivity index (χ0v) is 55.0. The van der Waals surface area contributed by atoms with Crippen molar-refractivity contribution in [1.29, 1.82) is 0 Å². The Hall–Kier alpha value is -1.66. The van der Waals surface area contributed by atoms with E-state index in [0.717, 1.165) is 38.5 Å². The quantitative estimate of drug-likeness (QED) is 0.0320. The fraction of sp³-hybridized carbons (Fsp3) is 0.920. The van der Waals surface area contributed by atoms with E-state index in [0.29, 0.717) is 19.4 Å². The first-order chi connectivity index (χ1) is 40.0. The number of carbonyl (C=O) groups is 2. The molecule has 0 radical (unpaired) electrons. The summed E-state index contributed by atoms with van der Waals surface area (Å²) in [6.07, 6.45) is 90.1. The Kier molecular flexibility index (Phi) is 69.4. The van der Waals surface area contributed by atoms with E-state index in [1.54, 1.807) is 6.08 Å². The summed E-state index contributed by atoms with van der Waals surface area (Å²) >= 11 is 0. The van der Waals surface area contributed by atoms with E-state index >= 15 is 0 Å². The summed E-state index contributed by atoms with van der Waals surface area (Å²) < 4.78 is 5.52. The standard InChI is InChI=1S/C75H145NO5/c1-3-5-7-9-11-13-15-16-17-18-39-42-45-49-53-57-61-65-69-75(80)81-70-66-62-58-54-50-46-43-40-37-35-33-31-29-27-25-23-21-19-20-22-24-26-28-30-32-34-36-38-41-44-48-52-56-60-64-68-74(79)76-72(71-77)73(78)67-63-59-55-51-47-14-12-10-8-6-4-2/h21,23,63,67,72-73,77-78H,3-20,22,24-62,64-66,68-71H2,1-2H3,(H,76,79)/b23-21-,67-63+. The molecule has 0 rings (SSSR count). The van der Waals surface area contributed by atoms with Gasteiger partial charge in [-0.1, -0.05) is 372 Å². The Balaban J connectivity index is 3.31. The topological polar surface area (TPSA) is 95.9 Å². The van der Waals surface area contributed by atoms with Crippen molar-refractivity contribution in [3.8, 4) is 0 Å². The van der Waals surface area contributed by atoms with E-state index in [2.05, 4.69) is 31.3 Å². The van der Waals surface area contributed by atoms with Gasteiger partial charge in [0.1, 0.15) is 0 Å². The lowest BCUT2D eigenvalue weighted by molar-refractivity contribution is -0.143. The molecule has 3 N–H and O–H groups in total. The van der Waals surface area contributed by atoms with Gasteiger partial charge in [-0.2, -0.15) is 0 Å². The molecular formula is C75H145NO5. The molecule has 1 amide bonds. The molecule has 2 unspecified atom stereocenters. The average molecular weight is 1140 g/mol. The van der Waals surface area contributed by atoms with Gasteiger partial charge in [-0.25, -0.2) is 0 Å². The lowest BCUT2D eigenvalue weighted by Gasteiger charge is -2.20. The second-order valence-corrected chi connectivity index (χ2v) is 25.6. The first kappa shape index (κ1) is 79.3. The van der Waals surface area contributed by atoms with Gasteiger partial charge in [0, 0.05) is 12.8 Å². The highest BCUT2D eigenvalue weighted by molar-refractivity contribution is 5.76. The van der Waals surface area contributed by atoms with E-state index in [4.69, 9.17) is 4.74 Å². The van der Waals surface area contributed by atoms with Gasteiger partial charge in [0.2, 0.25) is 5.91 Å². The van der Waals surface area contributed by atoms with Crippen LogP contribution in [0.1, 0.15) is 418 Å². The van der Waals surface area contributed by atoms with Gasteiger partial charge in [0.05, 0.1) is 25.4 Å². The van der Waals surface area contributed by atoms with Gasteiger partial charge in [-0.3, -0.25) is 9.59 Å². The van der Waals surface area contributed by atoms with Crippen molar-refractivity contribution in [2.45, 2.75) is 431 Å².